The molecule has 2 rings (SSSR count). The van der Waals surface area contributed by atoms with Gasteiger partial charge in [-0.2, -0.15) is 0 Å². The van der Waals surface area contributed by atoms with Crippen molar-refractivity contribution in [1.82, 2.24) is 9.97 Å². The Bertz CT molecular complexity index is 647. The number of hydrogen-bond acceptors (Lipinski definition) is 5. The highest BCUT2D eigenvalue weighted by molar-refractivity contribution is 7.19. The van der Waals surface area contributed by atoms with Crippen molar-refractivity contribution in [1.29, 1.82) is 0 Å². The zero-order valence-corrected chi connectivity index (χ0v) is 13.8. The average molecular weight is 317 g/mol. The van der Waals surface area contributed by atoms with E-state index in [1.54, 1.807) is 24.7 Å². The van der Waals surface area contributed by atoms with Gasteiger partial charge in [0.2, 0.25) is 0 Å². The number of thiazole rings is 1. The van der Waals surface area contributed by atoms with Gasteiger partial charge in [0.15, 0.2) is 0 Å². The molecule has 116 valence electrons. The molecule has 0 saturated carbocycles. The van der Waals surface area contributed by atoms with Gasteiger partial charge in [-0.15, -0.1) is 6.58 Å². The van der Waals surface area contributed by atoms with E-state index in [2.05, 4.69) is 16.5 Å². The average Bonchev–Trinajstić information content (AvgIpc) is 2.93. The minimum atomic E-state index is -0.548. The highest BCUT2D eigenvalue weighted by atomic mass is 32.1. The van der Waals surface area contributed by atoms with Crippen LogP contribution in [-0.2, 0) is 4.74 Å². The molecule has 0 aliphatic heterocycles. The Balaban J connectivity index is 2.24. The van der Waals surface area contributed by atoms with Crippen LogP contribution < -0.4 is 4.90 Å². The van der Waals surface area contributed by atoms with Crippen LogP contribution in [0.25, 0.3) is 10.6 Å². The van der Waals surface area contributed by atoms with Crippen molar-refractivity contribution < 1.29 is 9.53 Å². The lowest BCUT2D eigenvalue weighted by Gasteiger charge is -2.25. The number of hydrogen-bond donors (Lipinski definition) is 0. The normalized spacial score (nSPS) is 11.0. The largest absolute Gasteiger partial charge is 0.443 e. The van der Waals surface area contributed by atoms with Gasteiger partial charge in [-0.05, 0) is 32.9 Å². The van der Waals surface area contributed by atoms with Crippen molar-refractivity contribution in [3.05, 3.63) is 43.4 Å². The molecule has 6 heteroatoms. The van der Waals surface area contributed by atoms with Gasteiger partial charge < -0.3 is 4.74 Å². The molecule has 2 heterocycles. The summed E-state index contributed by atoms with van der Waals surface area (Å²) in [6, 6.07) is 3.78. The van der Waals surface area contributed by atoms with Gasteiger partial charge in [-0.1, -0.05) is 17.4 Å². The van der Waals surface area contributed by atoms with E-state index in [1.807, 2.05) is 32.9 Å². The highest BCUT2D eigenvalue weighted by Gasteiger charge is 2.24. The molecule has 2 aromatic heterocycles. The van der Waals surface area contributed by atoms with E-state index in [0.717, 1.165) is 10.6 Å². The summed E-state index contributed by atoms with van der Waals surface area (Å²) in [6.45, 7) is 9.57. The van der Waals surface area contributed by atoms with Gasteiger partial charge in [0, 0.05) is 24.5 Å². The van der Waals surface area contributed by atoms with E-state index < -0.39 is 11.7 Å². The molecule has 0 aliphatic rings. The number of rotatable bonds is 4. The summed E-state index contributed by atoms with van der Waals surface area (Å²) >= 11 is 1.41. The Kier molecular flexibility index (Phi) is 4.92. The van der Waals surface area contributed by atoms with Crippen molar-refractivity contribution in [2.75, 3.05) is 11.4 Å². The maximum absolute atomic E-state index is 12.3. The molecule has 22 heavy (non-hydrogen) atoms. The molecule has 0 aliphatic carbocycles. The summed E-state index contributed by atoms with van der Waals surface area (Å²) in [6.07, 6.45) is 6.37. The van der Waals surface area contributed by atoms with E-state index >= 15 is 0 Å². The molecule has 0 saturated heterocycles. The molecule has 0 fully saturated rings. The predicted molar refractivity (Wildman–Crippen MR) is 89.1 cm³/mol. The SMILES string of the molecule is C=CCN(C(=O)OC(C)(C)C)c1cnc(-c2cccnc2)s1. The van der Waals surface area contributed by atoms with Gasteiger partial charge in [0.1, 0.15) is 15.6 Å². The van der Waals surface area contributed by atoms with Crippen LogP contribution in [-0.4, -0.2) is 28.2 Å². The molecule has 5 nitrogen and oxygen atoms in total. The Morgan fingerprint density at radius 2 is 2.23 bits per heavy atom. The Morgan fingerprint density at radius 1 is 1.45 bits per heavy atom. The van der Waals surface area contributed by atoms with Crippen molar-refractivity contribution >= 4 is 22.4 Å². The molecular weight excluding hydrogens is 298 g/mol. The Hall–Kier alpha value is -2.21. The summed E-state index contributed by atoms with van der Waals surface area (Å²) in [5.74, 6) is 0. The summed E-state index contributed by atoms with van der Waals surface area (Å²) < 4.78 is 5.43. The summed E-state index contributed by atoms with van der Waals surface area (Å²) in [5, 5.41) is 1.52. The molecule has 0 unspecified atom stereocenters. The number of anilines is 1. The molecule has 0 radical (unpaired) electrons. The van der Waals surface area contributed by atoms with Gasteiger partial charge in [0.05, 0.1) is 6.20 Å². The second-order valence-electron chi connectivity index (χ2n) is 5.62. The molecule has 0 bridgehead atoms. The van der Waals surface area contributed by atoms with Crippen molar-refractivity contribution in [3.8, 4) is 10.6 Å². The highest BCUT2D eigenvalue weighted by Crippen LogP contribution is 2.31. The van der Waals surface area contributed by atoms with Crippen LogP contribution in [0.5, 0.6) is 0 Å². The van der Waals surface area contributed by atoms with E-state index in [-0.39, 0.29) is 0 Å². The third-order valence-electron chi connectivity index (χ3n) is 2.59. The van der Waals surface area contributed by atoms with Crippen LogP contribution in [0.15, 0.2) is 43.4 Å². The quantitative estimate of drug-likeness (QED) is 0.796. The first-order valence-electron chi connectivity index (χ1n) is 6.88. The zero-order valence-electron chi connectivity index (χ0n) is 12.9. The number of amides is 1. The lowest BCUT2D eigenvalue weighted by molar-refractivity contribution is 0.0585. The van der Waals surface area contributed by atoms with E-state index in [9.17, 15) is 4.79 Å². The van der Waals surface area contributed by atoms with Crippen LogP contribution >= 0.6 is 11.3 Å². The number of pyridine rings is 1. The van der Waals surface area contributed by atoms with Crippen LogP contribution in [0.2, 0.25) is 0 Å². The molecular formula is C16H19N3O2S. The third-order valence-corrected chi connectivity index (χ3v) is 3.66. The predicted octanol–water partition coefficient (Wildman–Crippen LogP) is 4.13. The lowest BCUT2D eigenvalue weighted by atomic mass is 10.2. The fraction of sp³-hybridized carbons (Fsp3) is 0.312. The van der Waals surface area contributed by atoms with Gasteiger partial charge in [-0.25, -0.2) is 9.78 Å². The number of carbonyl (C=O) groups is 1. The first kappa shape index (κ1) is 16.2. The molecule has 0 atom stereocenters. The number of ether oxygens (including phenoxy) is 1. The number of nitrogens with zero attached hydrogens (tertiary/aromatic N) is 3. The Labute approximate surface area is 134 Å². The number of carbonyl (C=O) groups excluding carboxylic acids is 1. The standard InChI is InChI=1S/C16H19N3O2S/c1-5-9-19(15(20)21-16(2,3)4)13-11-18-14(22-13)12-7-6-8-17-10-12/h5-8,10-11H,1,9H2,2-4H3. The first-order chi connectivity index (χ1) is 10.4. The van der Waals surface area contributed by atoms with Gasteiger partial charge >= 0.3 is 6.09 Å². The van der Waals surface area contributed by atoms with Crippen LogP contribution in [0.3, 0.4) is 0 Å². The first-order valence-corrected chi connectivity index (χ1v) is 7.70. The molecule has 2 aromatic rings. The lowest BCUT2D eigenvalue weighted by Crippen LogP contribution is -2.36. The van der Waals surface area contributed by atoms with Gasteiger partial charge in [0.25, 0.3) is 0 Å². The van der Waals surface area contributed by atoms with E-state index in [4.69, 9.17) is 4.74 Å². The molecule has 0 N–H and O–H groups in total. The number of aromatic nitrogens is 2. The maximum Gasteiger partial charge on any atom is 0.415 e. The topological polar surface area (TPSA) is 55.3 Å². The molecule has 0 aromatic carbocycles. The van der Waals surface area contributed by atoms with E-state index in [1.165, 1.54) is 16.2 Å². The summed E-state index contributed by atoms with van der Waals surface area (Å²) in [7, 11) is 0. The van der Waals surface area contributed by atoms with Crippen LogP contribution in [0.4, 0.5) is 9.80 Å². The van der Waals surface area contributed by atoms with Crippen molar-refractivity contribution in [2.24, 2.45) is 0 Å². The fourth-order valence-electron chi connectivity index (χ4n) is 1.71. The minimum absolute atomic E-state index is 0.365. The van der Waals surface area contributed by atoms with Gasteiger partial charge in [-0.3, -0.25) is 9.88 Å². The summed E-state index contributed by atoms with van der Waals surface area (Å²) in [4.78, 5) is 22.3. The van der Waals surface area contributed by atoms with Crippen molar-refractivity contribution in [2.45, 2.75) is 26.4 Å². The third kappa shape index (κ3) is 4.14. The van der Waals surface area contributed by atoms with Crippen LogP contribution in [0.1, 0.15) is 20.8 Å². The fourth-order valence-corrected chi connectivity index (χ4v) is 2.62. The van der Waals surface area contributed by atoms with Crippen molar-refractivity contribution in [3.63, 3.8) is 0 Å². The Morgan fingerprint density at radius 3 is 2.82 bits per heavy atom. The second kappa shape index (κ2) is 6.70. The van der Waals surface area contributed by atoms with Crippen LogP contribution in [0, 0.1) is 0 Å². The maximum atomic E-state index is 12.3. The minimum Gasteiger partial charge on any atom is -0.443 e. The molecule has 0 spiro atoms. The molecule has 1 amide bonds. The zero-order chi connectivity index (χ0) is 16.2. The monoisotopic (exact) mass is 317 g/mol. The smallest absolute Gasteiger partial charge is 0.415 e. The summed E-state index contributed by atoms with van der Waals surface area (Å²) in [5.41, 5.74) is 0.370. The van der Waals surface area contributed by atoms with E-state index in [0.29, 0.717) is 11.5 Å². The second-order valence-corrected chi connectivity index (χ2v) is 6.63.